The molecule has 0 saturated carbocycles. The van der Waals surface area contributed by atoms with Gasteiger partial charge >= 0.3 is 0 Å². The number of aryl methyl sites for hydroxylation is 2. The van der Waals surface area contributed by atoms with Crippen molar-refractivity contribution in [2.45, 2.75) is 93.5 Å². The third kappa shape index (κ3) is 18.2. The summed E-state index contributed by atoms with van der Waals surface area (Å²) in [5.74, 6) is 0.779. The van der Waals surface area contributed by atoms with Gasteiger partial charge < -0.3 is 14.7 Å². The van der Waals surface area contributed by atoms with E-state index in [1.807, 2.05) is 64.8 Å². The molecule has 1 saturated heterocycles. The molecule has 1 heterocycles. The molecule has 3 aromatic carbocycles. The van der Waals surface area contributed by atoms with Crippen LogP contribution in [0.5, 0.6) is 0 Å². The largest absolute Gasteiger partial charge is 0.368 e. The van der Waals surface area contributed by atoms with E-state index in [9.17, 15) is 4.79 Å². The molecule has 53 heavy (non-hydrogen) atoms. The lowest BCUT2D eigenvalue weighted by molar-refractivity contribution is -0.119. The van der Waals surface area contributed by atoms with E-state index in [1.165, 1.54) is 46.8 Å². The van der Waals surface area contributed by atoms with Crippen molar-refractivity contribution < 1.29 is 4.79 Å². The van der Waals surface area contributed by atoms with Crippen molar-refractivity contribution in [3.63, 3.8) is 0 Å². The minimum Gasteiger partial charge on any atom is -0.368 e. The Hall–Kier alpha value is -3.79. The van der Waals surface area contributed by atoms with E-state index in [-0.39, 0.29) is 6.04 Å². The van der Waals surface area contributed by atoms with Gasteiger partial charge in [-0.25, -0.2) is 16.0 Å². The summed E-state index contributed by atoms with van der Waals surface area (Å²) in [4.78, 5) is 18.0. The molecule has 294 valence electrons. The molecule has 4 rings (SSSR count). The van der Waals surface area contributed by atoms with Gasteiger partial charge in [0.2, 0.25) is 6.41 Å². The van der Waals surface area contributed by atoms with E-state index in [0.29, 0.717) is 5.02 Å². The number of anilines is 3. The number of carbonyl (C=O) groups excluding carboxylic acids is 1. The van der Waals surface area contributed by atoms with Crippen LogP contribution in [0.15, 0.2) is 76.9 Å². The van der Waals surface area contributed by atoms with Gasteiger partial charge in [-0.1, -0.05) is 94.4 Å². The third-order valence-corrected chi connectivity index (χ3v) is 9.40. The highest BCUT2D eigenvalue weighted by molar-refractivity contribution is 6.35. The van der Waals surface area contributed by atoms with Crippen LogP contribution in [-0.4, -0.2) is 70.3 Å². The number of hydrogen-bond donors (Lipinski definition) is 2. The molecule has 1 amide bonds. The summed E-state index contributed by atoms with van der Waals surface area (Å²) in [7, 11) is 3.70. The molecule has 9 nitrogen and oxygen atoms in total. The number of piperazine rings is 1. The number of halogens is 2. The lowest BCUT2D eigenvalue weighted by atomic mass is 9.97. The fourth-order valence-electron chi connectivity index (χ4n) is 5.41. The molecule has 0 radical (unpaired) electrons. The highest BCUT2D eigenvalue weighted by Gasteiger charge is 2.18. The SMILES string of the molecule is C/C=N\NNC.CC.CCC(C)N(C=O)/N=C\N(C)c1ccc(N2CCN(c3ccc(C)cc3)CC2)cc1.CCC[C@@H](C)CCc1ccc(Cl)cc1Cl. The molecule has 2 atom stereocenters. The van der Waals surface area contributed by atoms with E-state index < -0.39 is 0 Å². The smallest absolute Gasteiger partial charge is 0.230 e. The maximum atomic E-state index is 11.2. The second-order valence-electron chi connectivity index (χ2n) is 12.8. The van der Waals surface area contributed by atoms with Crippen LogP contribution in [0.25, 0.3) is 0 Å². The minimum absolute atomic E-state index is 0.0908. The Balaban J connectivity index is 0.000000507. The van der Waals surface area contributed by atoms with Crippen LogP contribution in [0.1, 0.15) is 85.3 Å². The van der Waals surface area contributed by atoms with E-state index in [0.717, 1.165) is 62.1 Å². The molecule has 11 heteroatoms. The van der Waals surface area contributed by atoms with Gasteiger partial charge in [0.1, 0.15) is 6.34 Å². The fourth-order valence-corrected chi connectivity index (χ4v) is 5.91. The Morgan fingerprint density at radius 2 is 1.45 bits per heavy atom. The number of nitrogens with one attached hydrogen (secondary N) is 2. The number of hydrazine groups is 1. The summed E-state index contributed by atoms with van der Waals surface area (Å²) >= 11 is 12.0. The van der Waals surface area contributed by atoms with Crippen LogP contribution in [-0.2, 0) is 11.2 Å². The Kier molecular flexibility index (Phi) is 24.7. The van der Waals surface area contributed by atoms with Crippen molar-refractivity contribution in [3.8, 4) is 0 Å². The zero-order chi connectivity index (χ0) is 39.6. The number of carbonyl (C=O) groups is 1. The summed E-state index contributed by atoms with van der Waals surface area (Å²) < 4.78 is 0. The van der Waals surface area contributed by atoms with Crippen molar-refractivity contribution in [2.75, 3.05) is 55.0 Å². The molecule has 2 N–H and O–H groups in total. The summed E-state index contributed by atoms with van der Waals surface area (Å²) in [6, 6.07) is 23.2. The predicted molar refractivity (Wildman–Crippen MR) is 233 cm³/mol. The third-order valence-electron chi connectivity index (χ3n) is 8.82. The predicted octanol–water partition coefficient (Wildman–Crippen LogP) is 10.1. The minimum atomic E-state index is 0.0908. The first-order chi connectivity index (χ1) is 25.6. The van der Waals surface area contributed by atoms with Crippen LogP contribution in [0.4, 0.5) is 17.1 Å². The Labute approximate surface area is 331 Å². The normalized spacial score (nSPS) is 13.5. The molecule has 1 fully saturated rings. The lowest BCUT2D eigenvalue weighted by Gasteiger charge is -2.37. The summed E-state index contributed by atoms with van der Waals surface area (Å²) in [6.45, 7) is 20.6. The topological polar surface area (TPSA) is 78.8 Å². The molecule has 1 aliphatic heterocycles. The van der Waals surface area contributed by atoms with E-state index in [2.05, 4.69) is 100 Å². The highest BCUT2D eigenvalue weighted by Crippen LogP contribution is 2.25. The molecule has 3 aromatic rings. The zero-order valence-corrected chi connectivity index (χ0v) is 35.5. The van der Waals surface area contributed by atoms with Gasteiger partial charge in [0.15, 0.2) is 0 Å². The lowest BCUT2D eigenvalue weighted by Crippen LogP contribution is -2.46. The Morgan fingerprint density at radius 3 is 1.91 bits per heavy atom. The fraction of sp³-hybridized carbons (Fsp3) is 0.500. The first-order valence-electron chi connectivity index (χ1n) is 19.1. The first kappa shape index (κ1) is 47.2. The number of nitrogens with zero attached hydrogens (tertiary/aromatic N) is 6. The summed E-state index contributed by atoms with van der Waals surface area (Å²) in [6.07, 6.45) is 9.81. The van der Waals surface area contributed by atoms with Crippen LogP contribution in [0, 0.1) is 12.8 Å². The van der Waals surface area contributed by atoms with Gasteiger partial charge in [-0.2, -0.15) is 10.2 Å². The van der Waals surface area contributed by atoms with Gasteiger partial charge in [0, 0.05) is 73.6 Å². The number of benzene rings is 3. The molecular weight excluding hydrogens is 703 g/mol. The molecular formula is C42H66Cl2N8O. The molecule has 1 unspecified atom stereocenters. The van der Waals surface area contributed by atoms with Crippen molar-refractivity contribution in [3.05, 3.63) is 87.9 Å². The maximum Gasteiger partial charge on any atom is 0.230 e. The van der Waals surface area contributed by atoms with E-state index >= 15 is 0 Å². The van der Waals surface area contributed by atoms with Crippen molar-refractivity contribution >= 4 is 59.2 Å². The van der Waals surface area contributed by atoms with Gasteiger partial charge in [0.05, 0.1) is 6.04 Å². The Morgan fingerprint density at radius 1 is 0.887 bits per heavy atom. The number of rotatable bonds is 15. The quantitative estimate of drug-likeness (QED) is 0.0694. The van der Waals surface area contributed by atoms with Crippen LogP contribution < -0.4 is 25.7 Å². The number of hydrazone groups is 2. The van der Waals surface area contributed by atoms with E-state index in [1.54, 1.807) is 19.6 Å². The van der Waals surface area contributed by atoms with Crippen molar-refractivity contribution in [1.82, 2.24) is 16.0 Å². The molecule has 1 aliphatic rings. The van der Waals surface area contributed by atoms with Crippen molar-refractivity contribution in [2.24, 2.45) is 16.1 Å². The molecule has 0 spiro atoms. The van der Waals surface area contributed by atoms with E-state index in [4.69, 9.17) is 23.2 Å². The second kappa shape index (κ2) is 27.8. The van der Waals surface area contributed by atoms with Gasteiger partial charge in [-0.15, -0.1) is 0 Å². The summed E-state index contributed by atoms with van der Waals surface area (Å²) in [5, 5.41) is 10.9. The summed E-state index contributed by atoms with van der Waals surface area (Å²) in [5.41, 5.74) is 11.2. The van der Waals surface area contributed by atoms with Crippen LogP contribution >= 0.6 is 23.2 Å². The van der Waals surface area contributed by atoms with Gasteiger partial charge in [0.25, 0.3) is 0 Å². The van der Waals surface area contributed by atoms with Gasteiger partial charge in [-0.3, -0.25) is 4.79 Å². The monoisotopic (exact) mass is 768 g/mol. The van der Waals surface area contributed by atoms with Gasteiger partial charge in [-0.05, 0) is 100 Å². The standard InChI is InChI=1S/C24H33N5O.C13H18Cl2.C3H9N3.C2H6/c1-5-21(3)29(19-30)25-18-26(4)22-10-12-24(13-11-22)28-16-14-27(15-17-28)23-8-6-20(2)7-9-23;1-3-4-10(2)5-6-11-7-8-12(14)9-13(11)15;1-3-5-6-4-2;1-2/h6-13,18-19,21H,5,14-17H2,1-4H3;7-10H,3-6H2,1-2H3;3-4,6H,1-2H3;1-2H3/b25-18-;;5-3-;/t;10-;;/m.1../s1. The number of amides is 1. The average Bonchev–Trinajstić information content (AvgIpc) is 3.18. The maximum absolute atomic E-state index is 11.2. The molecule has 0 bridgehead atoms. The highest BCUT2D eigenvalue weighted by atomic mass is 35.5. The van der Waals surface area contributed by atoms with Crippen LogP contribution in [0.3, 0.4) is 0 Å². The molecule has 0 aromatic heterocycles. The molecule has 0 aliphatic carbocycles. The number of hydrogen-bond acceptors (Lipinski definition) is 7. The zero-order valence-electron chi connectivity index (χ0n) is 33.9. The average molecular weight is 770 g/mol. The van der Waals surface area contributed by atoms with Crippen molar-refractivity contribution in [1.29, 1.82) is 0 Å². The Bertz CT molecular complexity index is 1440. The second-order valence-corrected chi connectivity index (χ2v) is 13.7. The first-order valence-corrected chi connectivity index (χ1v) is 19.8. The van der Waals surface area contributed by atoms with Crippen LogP contribution in [0.2, 0.25) is 10.0 Å².